The van der Waals surface area contributed by atoms with Gasteiger partial charge in [-0.25, -0.2) is 0 Å². The average Bonchev–Trinajstić information content (AvgIpc) is 2.00. The van der Waals surface area contributed by atoms with Crippen LogP contribution in [0.2, 0.25) is 0 Å². The highest BCUT2D eigenvalue weighted by Crippen LogP contribution is 2.34. The Balaban J connectivity index is 2.56. The molecule has 0 aromatic heterocycles. The summed E-state index contributed by atoms with van der Waals surface area (Å²) in [6, 6.07) is 6.00. The molecular formula is C12H16N2. The Kier molecular flexibility index (Phi) is 1.81. The van der Waals surface area contributed by atoms with Crippen molar-refractivity contribution in [2.75, 3.05) is 11.1 Å². The predicted octanol–water partition coefficient (Wildman–Crippen LogP) is 2.88. The lowest BCUT2D eigenvalue weighted by molar-refractivity contribution is 0.707. The van der Waals surface area contributed by atoms with Gasteiger partial charge in [0.1, 0.15) is 0 Å². The third-order valence-electron chi connectivity index (χ3n) is 2.50. The summed E-state index contributed by atoms with van der Waals surface area (Å²) >= 11 is 0. The number of anilines is 2. The second-order valence-corrected chi connectivity index (χ2v) is 4.48. The van der Waals surface area contributed by atoms with Gasteiger partial charge in [0.25, 0.3) is 0 Å². The normalized spacial score (nSPS) is 18.1. The van der Waals surface area contributed by atoms with Crippen LogP contribution in [0.4, 0.5) is 11.4 Å². The molecule has 1 aliphatic rings. The minimum absolute atomic E-state index is 0.0187. The molecule has 1 heterocycles. The van der Waals surface area contributed by atoms with Crippen LogP contribution in [0.5, 0.6) is 0 Å². The van der Waals surface area contributed by atoms with Crippen LogP contribution in [0.1, 0.15) is 26.3 Å². The van der Waals surface area contributed by atoms with E-state index in [0.717, 1.165) is 11.4 Å². The number of benzene rings is 1. The Hall–Kier alpha value is -1.44. The van der Waals surface area contributed by atoms with E-state index in [4.69, 9.17) is 5.73 Å². The molecule has 0 saturated carbocycles. The van der Waals surface area contributed by atoms with Crippen molar-refractivity contribution >= 4 is 16.9 Å². The molecular weight excluding hydrogens is 172 g/mol. The zero-order valence-corrected chi connectivity index (χ0v) is 8.89. The first-order chi connectivity index (χ1) is 6.48. The maximum atomic E-state index is 5.76. The van der Waals surface area contributed by atoms with Crippen LogP contribution < -0.4 is 11.1 Å². The molecule has 2 heteroatoms. The number of hydrogen-bond acceptors (Lipinski definition) is 2. The maximum Gasteiger partial charge on any atom is 0.0505 e. The number of nitrogens with one attached hydrogen (secondary N) is 1. The fourth-order valence-corrected chi connectivity index (χ4v) is 2.01. The van der Waals surface area contributed by atoms with E-state index in [0.29, 0.717) is 0 Å². The molecule has 0 radical (unpaired) electrons. The number of rotatable bonds is 0. The minimum Gasteiger partial charge on any atom is -0.399 e. The molecule has 1 aliphatic heterocycles. The molecule has 1 aromatic rings. The Labute approximate surface area is 84.8 Å². The highest BCUT2D eigenvalue weighted by molar-refractivity contribution is 5.81. The third kappa shape index (κ3) is 1.48. The quantitative estimate of drug-likeness (QED) is 0.614. The molecule has 0 amide bonds. The first-order valence-corrected chi connectivity index (χ1v) is 4.85. The van der Waals surface area contributed by atoms with Gasteiger partial charge in [0.15, 0.2) is 0 Å². The van der Waals surface area contributed by atoms with Crippen LogP contribution in [0, 0.1) is 0 Å². The Bertz CT molecular complexity index is 403. The summed E-state index contributed by atoms with van der Waals surface area (Å²) in [5.74, 6) is 0. The molecule has 0 atom stereocenters. The molecule has 1 aromatic carbocycles. The molecule has 0 fully saturated rings. The van der Waals surface area contributed by atoms with Crippen LogP contribution >= 0.6 is 0 Å². The topological polar surface area (TPSA) is 38.0 Å². The predicted molar refractivity (Wildman–Crippen MR) is 62.2 cm³/mol. The fourth-order valence-electron chi connectivity index (χ4n) is 2.01. The zero-order chi connectivity index (χ0) is 10.3. The lowest BCUT2D eigenvalue weighted by Gasteiger charge is -2.31. The van der Waals surface area contributed by atoms with E-state index < -0.39 is 0 Å². The molecule has 0 saturated heterocycles. The Morgan fingerprint density at radius 1 is 1.29 bits per heavy atom. The molecule has 3 N–H and O–H groups in total. The number of nitrogen functional groups attached to an aromatic ring is 1. The highest BCUT2D eigenvalue weighted by atomic mass is 15.0. The maximum absolute atomic E-state index is 5.76. The highest BCUT2D eigenvalue weighted by Gasteiger charge is 2.21. The average molecular weight is 188 g/mol. The molecule has 0 bridgehead atoms. The Morgan fingerprint density at radius 3 is 2.71 bits per heavy atom. The second-order valence-electron chi connectivity index (χ2n) is 4.48. The van der Waals surface area contributed by atoms with Gasteiger partial charge in [-0.3, -0.25) is 0 Å². The number of hydrogen-bond donors (Lipinski definition) is 2. The van der Waals surface area contributed by atoms with Crippen LogP contribution in [0.25, 0.3) is 5.57 Å². The van der Waals surface area contributed by atoms with E-state index in [1.165, 1.54) is 11.1 Å². The van der Waals surface area contributed by atoms with E-state index in [-0.39, 0.29) is 5.54 Å². The lowest BCUT2D eigenvalue weighted by atomic mass is 9.91. The number of fused-ring (bicyclic) bond motifs is 1. The summed E-state index contributed by atoms with van der Waals surface area (Å²) in [6.45, 7) is 6.45. The monoisotopic (exact) mass is 188 g/mol. The summed E-state index contributed by atoms with van der Waals surface area (Å²) in [4.78, 5) is 0. The van der Waals surface area contributed by atoms with Crippen LogP contribution in [-0.4, -0.2) is 5.54 Å². The molecule has 0 unspecified atom stereocenters. The smallest absolute Gasteiger partial charge is 0.0505 e. The Morgan fingerprint density at radius 2 is 2.00 bits per heavy atom. The summed E-state index contributed by atoms with van der Waals surface area (Å²) < 4.78 is 0. The first-order valence-electron chi connectivity index (χ1n) is 4.85. The summed E-state index contributed by atoms with van der Waals surface area (Å²) in [7, 11) is 0. The van der Waals surface area contributed by atoms with Gasteiger partial charge in [-0.05, 0) is 38.5 Å². The van der Waals surface area contributed by atoms with Gasteiger partial charge in [-0.15, -0.1) is 0 Å². The van der Waals surface area contributed by atoms with E-state index in [1.54, 1.807) is 0 Å². The summed E-state index contributed by atoms with van der Waals surface area (Å²) in [5.41, 5.74) is 10.3. The van der Waals surface area contributed by atoms with Crippen molar-refractivity contribution in [3.05, 3.63) is 29.8 Å². The lowest BCUT2D eigenvalue weighted by Crippen LogP contribution is -2.31. The minimum atomic E-state index is 0.0187. The van der Waals surface area contributed by atoms with Gasteiger partial charge < -0.3 is 11.1 Å². The van der Waals surface area contributed by atoms with Crippen molar-refractivity contribution in [2.24, 2.45) is 0 Å². The fraction of sp³-hybridized carbons (Fsp3) is 0.333. The van der Waals surface area contributed by atoms with E-state index in [2.05, 4.69) is 38.2 Å². The standard InChI is InChI=1S/C12H16N2/c1-8-7-12(2,3)14-11-6-9(13)4-5-10(8)11/h4-7,14H,13H2,1-3H3. The van der Waals surface area contributed by atoms with Crippen molar-refractivity contribution in [3.63, 3.8) is 0 Å². The van der Waals surface area contributed by atoms with Gasteiger partial charge in [0, 0.05) is 16.9 Å². The second kappa shape index (κ2) is 2.77. The van der Waals surface area contributed by atoms with Gasteiger partial charge in [0.05, 0.1) is 5.54 Å². The SMILES string of the molecule is CC1=CC(C)(C)Nc2cc(N)ccc21. The van der Waals surface area contributed by atoms with Crippen LogP contribution in [-0.2, 0) is 0 Å². The molecule has 2 rings (SSSR count). The number of nitrogens with two attached hydrogens (primary N) is 1. The molecule has 2 nitrogen and oxygen atoms in total. The largest absolute Gasteiger partial charge is 0.399 e. The first kappa shape index (κ1) is 9.13. The van der Waals surface area contributed by atoms with Crippen LogP contribution in [0.3, 0.4) is 0 Å². The number of allylic oxidation sites excluding steroid dienone is 1. The van der Waals surface area contributed by atoms with E-state index >= 15 is 0 Å². The summed E-state index contributed by atoms with van der Waals surface area (Å²) in [6.07, 6.45) is 2.24. The van der Waals surface area contributed by atoms with E-state index in [1.807, 2.05) is 12.1 Å². The molecule has 14 heavy (non-hydrogen) atoms. The summed E-state index contributed by atoms with van der Waals surface area (Å²) in [5, 5.41) is 3.45. The van der Waals surface area contributed by atoms with Gasteiger partial charge >= 0.3 is 0 Å². The third-order valence-corrected chi connectivity index (χ3v) is 2.50. The molecule has 74 valence electrons. The molecule has 0 aliphatic carbocycles. The molecule has 0 spiro atoms. The van der Waals surface area contributed by atoms with Crippen molar-refractivity contribution in [1.29, 1.82) is 0 Å². The zero-order valence-electron chi connectivity index (χ0n) is 8.89. The van der Waals surface area contributed by atoms with Gasteiger partial charge in [-0.1, -0.05) is 12.1 Å². The van der Waals surface area contributed by atoms with Gasteiger partial charge in [0.2, 0.25) is 0 Å². The van der Waals surface area contributed by atoms with E-state index in [9.17, 15) is 0 Å². The van der Waals surface area contributed by atoms with Crippen LogP contribution in [0.15, 0.2) is 24.3 Å². The van der Waals surface area contributed by atoms with Crippen molar-refractivity contribution in [2.45, 2.75) is 26.3 Å². The van der Waals surface area contributed by atoms with Crippen molar-refractivity contribution in [1.82, 2.24) is 0 Å². The van der Waals surface area contributed by atoms with Gasteiger partial charge in [-0.2, -0.15) is 0 Å². The van der Waals surface area contributed by atoms with Crippen molar-refractivity contribution in [3.8, 4) is 0 Å². The van der Waals surface area contributed by atoms with Crippen molar-refractivity contribution < 1.29 is 0 Å².